The van der Waals surface area contributed by atoms with E-state index in [1.54, 1.807) is 13.8 Å². The molecule has 1 amide bonds. The highest BCUT2D eigenvalue weighted by molar-refractivity contribution is 6.33. The summed E-state index contributed by atoms with van der Waals surface area (Å²) < 4.78 is 10.8. The molecule has 1 saturated heterocycles. The van der Waals surface area contributed by atoms with Crippen LogP contribution >= 0.6 is 11.6 Å². The first-order valence-corrected chi connectivity index (χ1v) is 7.21. The van der Waals surface area contributed by atoms with Crippen molar-refractivity contribution in [1.29, 1.82) is 0 Å². The number of nitro benzene ring substituents is 2. The molecule has 0 radical (unpaired) electrons. The van der Waals surface area contributed by atoms with Gasteiger partial charge in [0.2, 0.25) is 0 Å². The zero-order valence-electron chi connectivity index (χ0n) is 12.8. The van der Waals surface area contributed by atoms with Gasteiger partial charge in [-0.25, -0.2) is 0 Å². The second-order valence-corrected chi connectivity index (χ2v) is 5.90. The van der Waals surface area contributed by atoms with Crippen LogP contribution in [0.15, 0.2) is 12.1 Å². The fourth-order valence-electron chi connectivity index (χ4n) is 2.19. The van der Waals surface area contributed by atoms with Gasteiger partial charge in [0.15, 0.2) is 5.79 Å². The monoisotopic (exact) mass is 359 g/mol. The average molecular weight is 360 g/mol. The van der Waals surface area contributed by atoms with Crippen molar-refractivity contribution in [3.8, 4) is 0 Å². The molecule has 1 atom stereocenters. The highest BCUT2D eigenvalue weighted by Crippen LogP contribution is 2.32. The maximum Gasteiger partial charge on any atom is 0.294 e. The van der Waals surface area contributed by atoms with E-state index in [1.165, 1.54) is 0 Å². The molecule has 0 spiro atoms. The molecule has 2 rings (SSSR count). The van der Waals surface area contributed by atoms with E-state index < -0.39 is 39.0 Å². The van der Waals surface area contributed by atoms with E-state index in [0.29, 0.717) is 6.07 Å². The smallest absolute Gasteiger partial charge is 0.294 e. The lowest BCUT2D eigenvalue weighted by Gasteiger charge is -2.17. The van der Waals surface area contributed by atoms with E-state index >= 15 is 0 Å². The Kier molecular flexibility index (Phi) is 5.02. The number of carbonyl (C=O) groups excluding carboxylic acids is 1. The van der Waals surface area contributed by atoms with Crippen LogP contribution in [0.3, 0.4) is 0 Å². The Balaban J connectivity index is 2.18. The standard InChI is InChI=1S/C13H14ClN3O7/c1-13(2)23-6-7(24-13)5-15-12(18)8-3-9(14)11(17(21)22)4-10(8)16(19)20/h3-4,7H,5-6H2,1-2H3,(H,15,18). The van der Waals surface area contributed by atoms with Gasteiger partial charge in [-0.1, -0.05) is 11.6 Å². The van der Waals surface area contributed by atoms with Gasteiger partial charge in [0.1, 0.15) is 16.7 Å². The van der Waals surface area contributed by atoms with Crippen LogP contribution in [-0.4, -0.2) is 40.8 Å². The molecular formula is C13H14ClN3O7. The Hall–Kier alpha value is -2.30. The average Bonchev–Trinajstić information content (AvgIpc) is 2.83. The molecule has 1 heterocycles. The predicted molar refractivity (Wildman–Crippen MR) is 82.0 cm³/mol. The summed E-state index contributed by atoms with van der Waals surface area (Å²) in [5.74, 6) is -1.55. The lowest BCUT2D eigenvalue weighted by atomic mass is 10.1. The number of amides is 1. The summed E-state index contributed by atoms with van der Waals surface area (Å²) in [7, 11) is 0. The van der Waals surface area contributed by atoms with Crippen molar-refractivity contribution in [2.45, 2.75) is 25.7 Å². The van der Waals surface area contributed by atoms with Crippen LogP contribution in [0, 0.1) is 20.2 Å². The van der Waals surface area contributed by atoms with E-state index in [9.17, 15) is 25.0 Å². The number of hydrogen-bond donors (Lipinski definition) is 1. The van der Waals surface area contributed by atoms with Crippen molar-refractivity contribution < 1.29 is 24.1 Å². The molecule has 130 valence electrons. The number of halogens is 1. The van der Waals surface area contributed by atoms with Gasteiger partial charge in [0, 0.05) is 6.54 Å². The zero-order valence-corrected chi connectivity index (χ0v) is 13.5. The Bertz CT molecular complexity index is 707. The van der Waals surface area contributed by atoms with E-state index in [0.717, 1.165) is 6.07 Å². The lowest BCUT2D eigenvalue weighted by molar-refractivity contribution is -0.394. The molecule has 1 aromatic carbocycles. The second kappa shape index (κ2) is 6.67. The highest BCUT2D eigenvalue weighted by Gasteiger charge is 2.33. The number of rotatable bonds is 5. The Morgan fingerprint density at radius 1 is 1.33 bits per heavy atom. The molecular weight excluding hydrogens is 346 g/mol. The van der Waals surface area contributed by atoms with Crippen LogP contribution in [0.1, 0.15) is 24.2 Å². The third kappa shape index (κ3) is 3.96. The first-order chi connectivity index (χ1) is 11.1. The molecule has 0 saturated carbocycles. The van der Waals surface area contributed by atoms with Gasteiger partial charge >= 0.3 is 0 Å². The minimum atomic E-state index is -0.878. The van der Waals surface area contributed by atoms with Crippen LogP contribution < -0.4 is 5.32 Å². The Morgan fingerprint density at radius 3 is 2.46 bits per heavy atom. The first-order valence-electron chi connectivity index (χ1n) is 6.83. The molecule has 0 aromatic heterocycles. The number of benzene rings is 1. The first kappa shape index (κ1) is 18.0. The Morgan fingerprint density at radius 2 is 1.96 bits per heavy atom. The fourth-order valence-corrected chi connectivity index (χ4v) is 2.42. The number of nitrogens with zero attached hydrogens (tertiary/aromatic N) is 2. The second-order valence-electron chi connectivity index (χ2n) is 5.50. The predicted octanol–water partition coefficient (Wildman–Crippen LogP) is 2.04. The number of nitrogens with one attached hydrogen (secondary N) is 1. The molecule has 0 bridgehead atoms. The van der Waals surface area contributed by atoms with E-state index in [4.69, 9.17) is 21.1 Å². The topological polar surface area (TPSA) is 134 Å². The zero-order chi connectivity index (χ0) is 18.1. The summed E-state index contributed by atoms with van der Waals surface area (Å²) >= 11 is 5.72. The van der Waals surface area contributed by atoms with Crippen molar-refractivity contribution in [3.63, 3.8) is 0 Å². The maximum absolute atomic E-state index is 12.2. The largest absolute Gasteiger partial charge is 0.349 e. The van der Waals surface area contributed by atoms with Gasteiger partial charge in [-0.3, -0.25) is 25.0 Å². The molecule has 11 heteroatoms. The summed E-state index contributed by atoms with van der Waals surface area (Å²) in [6.07, 6.45) is -0.406. The molecule has 1 N–H and O–H groups in total. The number of carbonyl (C=O) groups is 1. The highest BCUT2D eigenvalue weighted by atomic mass is 35.5. The van der Waals surface area contributed by atoms with Crippen molar-refractivity contribution in [2.75, 3.05) is 13.2 Å². The number of hydrogen-bond acceptors (Lipinski definition) is 7. The minimum absolute atomic E-state index is 0.0635. The summed E-state index contributed by atoms with van der Waals surface area (Å²) in [6.45, 7) is 3.76. The quantitative estimate of drug-likeness (QED) is 0.627. The molecule has 10 nitrogen and oxygen atoms in total. The number of ether oxygens (including phenoxy) is 2. The van der Waals surface area contributed by atoms with Crippen LogP contribution in [0.25, 0.3) is 0 Å². The van der Waals surface area contributed by atoms with Gasteiger partial charge < -0.3 is 14.8 Å². The molecule has 1 aliphatic heterocycles. The van der Waals surface area contributed by atoms with E-state index in [-0.39, 0.29) is 23.7 Å². The molecule has 24 heavy (non-hydrogen) atoms. The van der Waals surface area contributed by atoms with Crippen molar-refractivity contribution in [2.24, 2.45) is 0 Å². The molecule has 1 fully saturated rings. The van der Waals surface area contributed by atoms with Crippen molar-refractivity contribution in [3.05, 3.63) is 42.9 Å². The SMILES string of the molecule is CC1(C)OCC(CNC(=O)c2cc(Cl)c([N+](=O)[O-])cc2[N+](=O)[O-])O1. The summed E-state index contributed by atoms with van der Waals surface area (Å²) in [5.41, 5.74) is -1.71. The molecule has 0 aliphatic carbocycles. The normalized spacial score (nSPS) is 19.0. The molecule has 1 aliphatic rings. The van der Waals surface area contributed by atoms with Gasteiger partial charge in [0.25, 0.3) is 17.3 Å². The summed E-state index contributed by atoms with van der Waals surface area (Å²) in [6, 6.07) is 1.57. The third-order valence-corrected chi connectivity index (χ3v) is 3.56. The summed E-state index contributed by atoms with van der Waals surface area (Å²) in [4.78, 5) is 32.3. The van der Waals surface area contributed by atoms with Crippen LogP contribution in [0.4, 0.5) is 11.4 Å². The van der Waals surface area contributed by atoms with E-state index in [2.05, 4.69) is 5.32 Å². The van der Waals surface area contributed by atoms with Gasteiger partial charge in [-0.2, -0.15) is 0 Å². The maximum atomic E-state index is 12.2. The fraction of sp³-hybridized carbons (Fsp3) is 0.462. The van der Waals surface area contributed by atoms with Crippen molar-refractivity contribution >= 4 is 28.9 Å². The Labute approximate surface area is 141 Å². The van der Waals surface area contributed by atoms with E-state index in [1.807, 2.05) is 0 Å². The van der Waals surface area contributed by atoms with Gasteiger partial charge in [-0.05, 0) is 19.9 Å². The van der Waals surface area contributed by atoms with Gasteiger partial charge in [0.05, 0.1) is 22.5 Å². The molecule has 1 aromatic rings. The van der Waals surface area contributed by atoms with Crippen LogP contribution in [-0.2, 0) is 9.47 Å². The van der Waals surface area contributed by atoms with Crippen LogP contribution in [0.5, 0.6) is 0 Å². The molecule has 1 unspecified atom stereocenters. The minimum Gasteiger partial charge on any atom is -0.349 e. The van der Waals surface area contributed by atoms with Crippen LogP contribution in [0.2, 0.25) is 5.02 Å². The van der Waals surface area contributed by atoms with Gasteiger partial charge in [-0.15, -0.1) is 0 Å². The van der Waals surface area contributed by atoms with Crippen molar-refractivity contribution in [1.82, 2.24) is 5.32 Å². The summed E-state index contributed by atoms with van der Waals surface area (Å²) in [5, 5.41) is 24.0. The third-order valence-electron chi connectivity index (χ3n) is 3.26. The lowest BCUT2D eigenvalue weighted by Crippen LogP contribution is -2.34. The number of nitro groups is 2.